The largest absolute Gasteiger partial charge is 0.376 e. The van der Waals surface area contributed by atoms with E-state index in [1.54, 1.807) is 0 Å². The van der Waals surface area contributed by atoms with Crippen LogP contribution in [0.1, 0.15) is 35.7 Å². The van der Waals surface area contributed by atoms with Crippen LogP contribution in [0.15, 0.2) is 36.7 Å². The first-order valence-electron chi connectivity index (χ1n) is 8.33. The smallest absolute Gasteiger partial charge is 0.258 e. The van der Waals surface area contributed by atoms with Crippen LogP contribution < -0.4 is 10.6 Å². The van der Waals surface area contributed by atoms with E-state index in [9.17, 15) is 4.79 Å². The summed E-state index contributed by atoms with van der Waals surface area (Å²) in [5.41, 5.74) is 2.36. The molecule has 0 radical (unpaired) electrons. The van der Waals surface area contributed by atoms with Crippen molar-refractivity contribution in [1.29, 1.82) is 0 Å². The number of hydrogen-bond donors (Lipinski definition) is 2. The lowest BCUT2D eigenvalue weighted by molar-refractivity contribution is 0.102. The zero-order valence-corrected chi connectivity index (χ0v) is 13.8. The summed E-state index contributed by atoms with van der Waals surface area (Å²) in [6.45, 7) is 3.57. The number of carbonyl (C=O) groups is 1. The van der Waals surface area contributed by atoms with Crippen molar-refractivity contribution < 1.29 is 9.53 Å². The van der Waals surface area contributed by atoms with Crippen molar-refractivity contribution >= 4 is 17.5 Å². The highest BCUT2D eigenvalue weighted by Gasteiger charge is 2.15. The van der Waals surface area contributed by atoms with Gasteiger partial charge in [0.2, 0.25) is 5.95 Å². The molecule has 3 rings (SSSR count). The molecule has 6 heteroatoms. The van der Waals surface area contributed by atoms with Crippen molar-refractivity contribution in [2.45, 2.75) is 32.3 Å². The Morgan fingerprint density at radius 1 is 1.29 bits per heavy atom. The standard InChI is InChI=1S/C18H22N4O2/c1-2-13-6-3-4-8-16(13)22-17(23)14-10-19-18(20-11-14)21-12-15-7-5-9-24-15/h3-4,6,8,10-11,15H,2,5,7,9,12H2,1H3,(H,22,23)(H,19,20,21). The van der Waals surface area contributed by atoms with Crippen LogP contribution in [-0.2, 0) is 11.2 Å². The van der Waals surface area contributed by atoms with Gasteiger partial charge in [0.05, 0.1) is 11.7 Å². The molecule has 1 unspecified atom stereocenters. The molecule has 2 N–H and O–H groups in total. The van der Waals surface area contributed by atoms with Crippen LogP contribution in [0.25, 0.3) is 0 Å². The summed E-state index contributed by atoms with van der Waals surface area (Å²) in [4.78, 5) is 20.7. The van der Waals surface area contributed by atoms with Crippen LogP contribution in [-0.4, -0.2) is 35.1 Å². The molecule has 6 nitrogen and oxygen atoms in total. The van der Waals surface area contributed by atoms with Crippen molar-refractivity contribution in [3.05, 3.63) is 47.8 Å². The second kappa shape index (κ2) is 7.88. The Balaban J connectivity index is 1.59. The number of rotatable bonds is 6. The minimum Gasteiger partial charge on any atom is -0.376 e. The van der Waals surface area contributed by atoms with Gasteiger partial charge in [-0.05, 0) is 30.9 Å². The lowest BCUT2D eigenvalue weighted by Gasteiger charge is -2.11. The van der Waals surface area contributed by atoms with Crippen molar-refractivity contribution in [3.63, 3.8) is 0 Å². The molecule has 0 spiro atoms. The zero-order chi connectivity index (χ0) is 16.8. The molecule has 1 fully saturated rings. The number of anilines is 2. The van der Waals surface area contributed by atoms with E-state index < -0.39 is 0 Å². The van der Waals surface area contributed by atoms with Crippen LogP contribution >= 0.6 is 0 Å². The second-order valence-corrected chi connectivity index (χ2v) is 5.78. The SMILES string of the molecule is CCc1ccccc1NC(=O)c1cnc(NCC2CCCO2)nc1. The van der Waals surface area contributed by atoms with Crippen LogP contribution in [0.2, 0.25) is 0 Å². The van der Waals surface area contributed by atoms with Gasteiger partial charge in [0.15, 0.2) is 0 Å². The molecule has 24 heavy (non-hydrogen) atoms. The zero-order valence-electron chi connectivity index (χ0n) is 13.8. The molecule has 0 bridgehead atoms. The number of nitrogens with zero attached hydrogens (tertiary/aromatic N) is 2. The number of benzene rings is 1. The van der Waals surface area contributed by atoms with Gasteiger partial charge in [0.25, 0.3) is 5.91 Å². The number of hydrogen-bond acceptors (Lipinski definition) is 5. The molecular formula is C18H22N4O2. The van der Waals surface area contributed by atoms with E-state index in [0.29, 0.717) is 18.1 Å². The Morgan fingerprint density at radius 3 is 2.79 bits per heavy atom. The number of carbonyl (C=O) groups excluding carboxylic acids is 1. The summed E-state index contributed by atoms with van der Waals surface area (Å²) < 4.78 is 5.54. The van der Waals surface area contributed by atoms with Gasteiger partial charge in [-0.3, -0.25) is 4.79 Å². The molecule has 1 amide bonds. The molecule has 126 valence electrons. The summed E-state index contributed by atoms with van der Waals surface area (Å²) in [6, 6.07) is 7.77. The van der Waals surface area contributed by atoms with Crippen molar-refractivity contribution in [1.82, 2.24) is 9.97 Å². The lowest BCUT2D eigenvalue weighted by atomic mass is 10.1. The van der Waals surface area contributed by atoms with Gasteiger partial charge in [-0.1, -0.05) is 25.1 Å². The van der Waals surface area contributed by atoms with Crippen LogP contribution in [0.5, 0.6) is 0 Å². The summed E-state index contributed by atoms with van der Waals surface area (Å²) >= 11 is 0. The third-order valence-corrected chi connectivity index (χ3v) is 4.07. The predicted molar refractivity (Wildman–Crippen MR) is 93.3 cm³/mol. The first-order valence-corrected chi connectivity index (χ1v) is 8.33. The first kappa shape index (κ1) is 16.4. The van der Waals surface area contributed by atoms with Gasteiger partial charge in [-0.25, -0.2) is 9.97 Å². The van der Waals surface area contributed by atoms with Crippen LogP contribution in [0.3, 0.4) is 0 Å². The number of nitrogens with one attached hydrogen (secondary N) is 2. The predicted octanol–water partition coefficient (Wildman–Crippen LogP) is 2.88. The third kappa shape index (κ3) is 4.08. The average molecular weight is 326 g/mol. The molecule has 1 atom stereocenters. The average Bonchev–Trinajstić information content (AvgIpc) is 3.14. The van der Waals surface area contributed by atoms with E-state index in [1.807, 2.05) is 24.3 Å². The molecule has 2 aromatic rings. The number of aryl methyl sites for hydroxylation is 1. The van der Waals surface area contributed by atoms with E-state index in [0.717, 1.165) is 37.1 Å². The van der Waals surface area contributed by atoms with Crippen LogP contribution in [0, 0.1) is 0 Å². The second-order valence-electron chi connectivity index (χ2n) is 5.78. The van der Waals surface area contributed by atoms with Gasteiger partial charge in [-0.15, -0.1) is 0 Å². The number of amides is 1. The molecule has 0 aliphatic carbocycles. The van der Waals surface area contributed by atoms with Gasteiger partial charge < -0.3 is 15.4 Å². The Labute approximate surface area is 141 Å². The van der Waals surface area contributed by atoms with Gasteiger partial charge in [0, 0.05) is 31.2 Å². The highest BCUT2D eigenvalue weighted by molar-refractivity contribution is 6.04. The third-order valence-electron chi connectivity index (χ3n) is 4.07. The van der Waals surface area contributed by atoms with Gasteiger partial charge in [0.1, 0.15) is 0 Å². The van der Waals surface area contributed by atoms with Gasteiger partial charge >= 0.3 is 0 Å². The van der Waals surface area contributed by atoms with Crippen molar-refractivity contribution in [3.8, 4) is 0 Å². The minimum absolute atomic E-state index is 0.207. The fraction of sp³-hybridized carbons (Fsp3) is 0.389. The van der Waals surface area contributed by atoms with E-state index in [4.69, 9.17) is 4.74 Å². The Bertz CT molecular complexity index is 682. The number of ether oxygens (including phenoxy) is 1. The molecule has 1 aliphatic heterocycles. The van der Waals surface area contributed by atoms with Crippen molar-refractivity contribution in [2.24, 2.45) is 0 Å². The Morgan fingerprint density at radius 2 is 2.08 bits per heavy atom. The normalized spacial score (nSPS) is 16.8. The molecule has 0 saturated carbocycles. The van der Waals surface area contributed by atoms with E-state index in [-0.39, 0.29) is 12.0 Å². The summed E-state index contributed by atoms with van der Waals surface area (Å²) in [6.07, 6.45) is 6.32. The molecular weight excluding hydrogens is 304 g/mol. The fourth-order valence-electron chi connectivity index (χ4n) is 2.69. The summed E-state index contributed by atoms with van der Waals surface area (Å²) in [5.74, 6) is 0.303. The lowest BCUT2D eigenvalue weighted by Crippen LogP contribution is -2.20. The highest BCUT2D eigenvalue weighted by atomic mass is 16.5. The molecule has 2 heterocycles. The topological polar surface area (TPSA) is 76.1 Å². The summed E-state index contributed by atoms with van der Waals surface area (Å²) in [5, 5.41) is 6.06. The fourth-order valence-corrected chi connectivity index (χ4v) is 2.69. The number of para-hydroxylation sites is 1. The number of aromatic nitrogens is 2. The van der Waals surface area contributed by atoms with E-state index >= 15 is 0 Å². The van der Waals surface area contributed by atoms with E-state index in [1.165, 1.54) is 12.4 Å². The van der Waals surface area contributed by atoms with Gasteiger partial charge in [-0.2, -0.15) is 0 Å². The summed E-state index contributed by atoms with van der Waals surface area (Å²) in [7, 11) is 0. The highest BCUT2D eigenvalue weighted by Crippen LogP contribution is 2.16. The molecule has 1 aliphatic rings. The van der Waals surface area contributed by atoms with Crippen molar-refractivity contribution in [2.75, 3.05) is 23.8 Å². The monoisotopic (exact) mass is 326 g/mol. The Kier molecular flexibility index (Phi) is 5.38. The maximum absolute atomic E-state index is 12.3. The molecule has 1 aromatic heterocycles. The first-order chi connectivity index (χ1) is 11.8. The van der Waals surface area contributed by atoms with Crippen LogP contribution in [0.4, 0.5) is 11.6 Å². The van der Waals surface area contributed by atoms with E-state index in [2.05, 4.69) is 27.5 Å². The maximum atomic E-state index is 12.3. The quantitative estimate of drug-likeness (QED) is 0.853. The Hall–Kier alpha value is -2.47. The minimum atomic E-state index is -0.207. The molecule has 1 saturated heterocycles. The maximum Gasteiger partial charge on any atom is 0.258 e. The molecule has 1 aromatic carbocycles.